The van der Waals surface area contributed by atoms with Crippen LogP contribution in [-0.4, -0.2) is 43.1 Å². The summed E-state index contributed by atoms with van der Waals surface area (Å²) in [6, 6.07) is 3.27. The van der Waals surface area contributed by atoms with Crippen molar-refractivity contribution in [2.75, 3.05) is 11.6 Å². The summed E-state index contributed by atoms with van der Waals surface area (Å²) in [7, 11) is 0. The Bertz CT molecular complexity index is 1290. The number of aromatic nitrogens is 5. The summed E-state index contributed by atoms with van der Waals surface area (Å²) in [5.41, 5.74) is 1.18. The number of halogens is 3. The van der Waals surface area contributed by atoms with Gasteiger partial charge in [-0.25, -0.2) is 22.7 Å². The van der Waals surface area contributed by atoms with Gasteiger partial charge in [0.25, 0.3) is 0 Å². The van der Waals surface area contributed by atoms with E-state index in [4.69, 9.17) is 0 Å². The molecular formula is C18H13F3N6OS. The van der Waals surface area contributed by atoms with Crippen LogP contribution in [0.15, 0.2) is 29.4 Å². The number of fused-ring (bicyclic) bond motifs is 2. The van der Waals surface area contributed by atoms with Gasteiger partial charge in [0, 0.05) is 10.9 Å². The van der Waals surface area contributed by atoms with E-state index in [-0.39, 0.29) is 22.7 Å². The Hall–Kier alpha value is -3.08. The second kappa shape index (κ2) is 6.48. The molecule has 0 bridgehead atoms. The molecule has 0 radical (unpaired) electrons. The molecule has 4 aromatic rings. The average molecular weight is 418 g/mol. The SMILES string of the molecule is CSc1c(F)c(F)c2[nH]ncc2c1-c1ccc2nc(NC(=O)C3CC3F)cn2n1. The first-order chi connectivity index (χ1) is 14.0. The second-order valence-electron chi connectivity index (χ2n) is 6.69. The minimum absolute atomic E-state index is 0.0407. The second-order valence-corrected chi connectivity index (χ2v) is 7.51. The van der Waals surface area contributed by atoms with E-state index in [1.807, 2.05) is 0 Å². The molecule has 2 N–H and O–H groups in total. The van der Waals surface area contributed by atoms with E-state index < -0.39 is 29.6 Å². The fourth-order valence-electron chi connectivity index (χ4n) is 3.26. The quantitative estimate of drug-likeness (QED) is 0.495. The summed E-state index contributed by atoms with van der Waals surface area (Å²) < 4.78 is 43.3. The predicted octanol–water partition coefficient (Wildman–Crippen LogP) is 3.57. The average Bonchev–Trinajstić information content (AvgIpc) is 3.09. The molecular weight excluding hydrogens is 405 g/mol. The Morgan fingerprint density at radius 3 is 2.86 bits per heavy atom. The van der Waals surface area contributed by atoms with Crippen LogP contribution >= 0.6 is 11.8 Å². The number of rotatable bonds is 4. The molecule has 7 nitrogen and oxygen atoms in total. The van der Waals surface area contributed by atoms with Crippen LogP contribution in [0.3, 0.4) is 0 Å². The van der Waals surface area contributed by atoms with Crippen molar-refractivity contribution in [2.45, 2.75) is 17.5 Å². The largest absolute Gasteiger partial charge is 0.309 e. The third-order valence-electron chi connectivity index (χ3n) is 4.83. The lowest BCUT2D eigenvalue weighted by atomic mass is 10.1. The van der Waals surface area contributed by atoms with E-state index in [0.29, 0.717) is 22.3 Å². The van der Waals surface area contributed by atoms with Gasteiger partial charge in [-0.15, -0.1) is 11.8 Å². The lowest BCUT2D eigenvalue weighted by Crippen LogP contribution is -2.15. The van der Waals surface area contributed by atoms with Crippen LogP contribution < -0.4 is 5.32 Å². The number of hydrogen-bond acceptors (Lipinski definition) is 5. The van der Waals surface area contributed by atoms with Gasteiger partial charge in [-0.05, 0) is 24.8 Å². The monoisotopic (exact) mass is 418 g/mol. The number of amides is 1. The molecule has 148 valence electrons. The van der Waals surface area contributed by atoms with Gasteiger partial charge in [-0.2, -0.15) is 10.2 Å². The lowest BCUT2D eigenvalue weighted by molar-refractivity contribution is -0.117. The summed E-state index contributed by atoms with van der Waals surface area (Å²) in [6.45, 7) is 0. The van der Waals surface area contributed by atoms with Crippen molar-refractivity contribution in [1.82, 2.24) is 24.8 Å². The van der Waals surface area contributed by atoms with Crippen LogP contribution in [0.2, 0.25) is 0 Å². The highest BCUT2D eigenvalue weighted by atomic mass is 32.2. The van der Waals surface area contributed by atoms with E-state index in [2.05, 4.69) is 25.6 Å². The summed E-state index contributed by atoms with van der Waals surface area (Å²) in [5, 5.41) is 13.7. The number of imidazole rings is 1. The normalized spacial score (nSPS) is 18.5. The number of nitrogens with zero attached hydrogens (tertiary/aromatic N) is 4. The van der Waals surface area contributed by atoms with Crippen molar-refractivity contribution < 1.29 is 18.0 Å². The number of aromatic amines is 1. The third kappa shape index (κ3) is 2.84. The standard InChI is InChI=1S/C18H13F3N6OS/c1-29-17-13(8-5-22-25-16(8)14(20)15(17)21)10-2-3-12-23-11(6-27(12)26-10)24-18(28)7-4-9(7)19/h2-3,5-7,9H,4H2,1H3,(H,22,25)(H,24,28). The van der Waals surface area contributed by atoms with Crippen LogP contribution in [0.25, 0.3) is 27.8 Å². The summed E-state index contributed by atoms with van der Waals surface area (Å²) in [6.07, 6.45) is 3.66. The molecule has 0 spiro atoms. The van der Waals surface area contributed by atoms with E-state index in [0.717, 1.165) is 11.8 Å². The number of benzene rings is 1. The number of H-pyrrole nitrogens is 1. The molecule has 1 saturated carbocycles. The molecule has 5 rings (SSSR count). The minimum Gasteiger partial charge on any atom is -0.309 e. The van der Waals surface area contributed by atoms with Crippen molar-refractivity contribution in [3.63, 3.8) is 0 Å². The Balaban J connectivity index is 1.60. The molecule has 1 aliphatic carbocycles. The topological polar surface area (TPSA) is 88.0 Å². The molecule has 3 heterocycles. The Labute approximate surface area is 165 Å². The van der Waals surface area contributed by atoms with Gasteiger partial charge < -0.3 is 5.32 Å². The number of carbonyl (C=O) groups is 1. The molecule has 1 aliphatic rings. The molecule has 1 aromatic carbocycles. The Morgan fingerprint density at radius 2 is 2.14 bits per heavy atom. The van der Waals surface area contributed by atoms with Crippen LogP contribution in [0.1, 0.15) is 6.42 Å². The fraction of sp³-hybridized carbons (Fsp3) is 0.222. The number of anilines is 1. The molecule has 29 heavy (non-hydrogen) atoms. The molecule has 11 heteroatoms. The minimum atomic E-state index is -1.10. The first-order valence-electron chi connectivity index (χ1n) is 8.67. The molecule has 3 aromatic heterocycles. The first-order valence-corrected chi connectivity index (χ1v) is 9.90. The van der Waals surface area contributed by atoms with Gasteiger partial charge in [-0.3, -0.25) is 9.89 Å². The number of alkyl halides is 1. The van der Waals surface area contributed by atoms with Crippen molar-refractivity contribution in [3.8, 4) is 11.3 Å². The van der Waals surface area contributed by atoms with E-state index in [1.54, 1.807) is 18.4 Å². The van der Waals surface area contributed by atoms with Gasteiger partial charge in [0.1, 0.15) is 11.7 Å². The number of hydrogen-bond donors (Lipinski definition) is 2. The zero-order valence-corrected chi connectivity index (χ0v) is 15.7. The Kier molecular flexibility index (Phi) is 4.02. The first kappa shape index (κ1) is 18.0. The van der Waals surface area contributed by atoms with Crippen molar-refractivity contribution in [1.29, 1.82) is 0 Å². The molecule has 0 saturated heterocycles. The highest BCUT2D eigenvalue weighted by Gasteiger charge is 2.43. The van der Waals surface area contributed by atoms with Crippen molar-refractivity contribution >= 4 is 40.0 Å². The highest BCUT2D eigenvalue weighted by Crippen LogP contribution is 2.39. The van der Waals surface area contributed by atoms with Crippen LogP contribution in [0, 0.1) is 17.6 Å². The zero-order chi connectivity index (χ0) is 20.3. The molecule has 0 aliphatic heterocycles. The number of carbonyl (C=O) groups excluding carboxylic acids is 1. The third-order valence-corrected chi connectivity index (χ3v) is 5.62. The fourth-order valence-corrected chi connectivity index (χ4v) is 3.95. The van der Waals surface area contributed by atoms with Gasteiger partial charge >= 0.3 is 0 Å². The molecule has 1 fully saturated rings. The molecule has 2 atom stereocenters. The molecule has 2 unspecified atom stereocenters. The van der Waals surface area contributed by atoms with E-state index in [9.17, 15) is 18.0 Å². The van der Waals surface area contributed by atoms with Crippen LogP contribution in [0.4, 0.5) is 19.0 Å². The molecule has 1 amide bonds. The van der Waals surface area contributed by atoms with E-state index in [1.165, 1.54) is 16.9 Å². The summed E-state index contributed by atoms with van der Waals surface area (Å²) in [4.78, 5) is 16.3. The van der Waals surface area contributed by atoms with E-state index >= 15 is 0 Å². The summed E-state index contributed by atoms with van der Waals surface area (Å²) >= 11 is 1.06. The maximum atomic E-state index is 14.6. The predicted molar refractivity (Wildman–Crippen MR) is 101 cm³/mol. The van der Waals surface area contributed by atoms with Crippen molar-refractivity contribution in [3.05, 3.63) is 36.2 Å². The van der Waals surface area contributed by atoms with Gasteiger partial charge in [0.05, 0.1) is 28.9 Å². The Morgan fingerprint density at radius 1 is 1.34 bits per heavy atom. The lowest BCUT2D eigenvalue weighted by Gasteiger charge is -2.11. The maximum Gasteiger partial charge on any atom is 0.231 e. The summed E-state index contributed by atoms with van der Waals surface area (Å²) in [5.74, 6) is -2.79. The number of thioether (sulfide) groups is 1. The van der Waals surface area contributed by atoms with Gasteiger partial charge in [0.2, 0.25) is 5.91 Å². The van der Waals surface area contributed by atoms with Gasteiger partial charge in [0.15, 0.2) is 23.1 Å². The zero-order valence-electron chi connectivity index (χ0n) is 14.9. The smallest absolute Gasteiger partial charge is 0.231 e. The van der Waals surface area contributed by atoms with Crippen LogP contribution in [0.5, 0.6) is 0 Å². The van der Waals surface area contributed by atoms with Gasteiger partial charge in [-0.1, -0.05) is 0 Å². The highest BCUT2D eigenvalue weighted by molar-refractivity contribution is 7.98. The van der Waals surface area contributed by atoms with Crippen molar-refractivity contribution in [2.24, 2.45) is 5.92 Å². The number of nitrogens with one attached hydrogen (secondary N) is 2. The maximum absolute atomic E-state index is 14.6. The van der Waals surface area contributed by atoms with Crippen LogP contribution in [-0.2, 0) is 4.79 Å².